The van der Waals surface area contributed by atoms with Gasteiger partial charge in [0.15, 0.2) is 0 Å². The molecule has 2 aromatic rings. The molecule has 0 radical (unpaired) electrons. The predicted octanol–water partition coefficient (Wildman–Crippen LogP) is 4.68. The molecule has 0 aliphatic carbocycles. The van der Waals surface area contributed by atoms with E-state index in [0.717, 1.165) is 16.1 Å². The number of amides is 1. The van der Waals surface area contributed by atoms with E-state index >= 15 is 0 Å². The maximum Gasteiger partial charge on any atom is 0.244 e. The fourth-order valence-electron chi connectivity index (χ4n) is 3.29. The minimum atomic E-state index is -3.75. The lowest BCUT2D eigenvalue weighted by Gasteiger charge is -2.29. The summed E-state index contributed by atoms with van der Waals surface area (Å²) < 4.78 is 31.2. The van der Waals surface area contributed by atoms with E-state index in [1.807, 2.05) is 31.2 Å². The third-order valence-corrected chi connectivity index (χ3v) is 6.65. The Morgan fingerprint density at radius 1 is 1.10 bits per heavy atom. The summed E-state index contributed by atoms with van der Waals surface area (Å²) in [7, 11) is -2.28. The average molecular weight is 467 g/mol. The van der Waals surface area contributed by atoms with Crippen molar-refractivity contribution in [2.24, 2.45) is 0 Å². The Morgan fingerprint density at radius 3 is 2.13 bits per heavy atom. The summed E-state index contributed by atoms with van der Waals surface area (Å²) in [6.45, 7) is 9.83. The lowest BCUT2D eigenvalue weighted by molar-refractivity contribution is -0.122. The summed E-state index contributed by atoms with van der Waals surface area (Å²) in [4.78, 5) is 12.9. The summed E-state index contributed by atoms with van der Waals surface area (Å²) >= 11 is 6.17. The molecule has 0 spiro atoms. The van der Waals surface area contributed by atoms with Crippen LogP contribution in [-0.4, -0.2) is 33.7 Å². The number of anilines is 1. The number of sulfonamides is 1. The lowest BCUT2D eigenvalue weighted by atomic mass is 9.86. The number of benzene rings is 2. The van der Waals surface area contributed by atoms with Gasteiger partial charge in [0.2, 0.25) is 15.9 Å². The molecule has 0 saturated carbocycles. The van der Waals surface area contributed by atoms with Crippen LogP contribution in [0.4, 0.5) is 5.69 Å². The van der Waals surface area contributed by atoms with Gasteiger partial charge in [0.25, 0.3) is 0 Å². The van der Waals surface area contributed by atoms with E-state index in [1.54, 1.807) is 19.1 Å². The molecule has 0 aromatic heterocycles. The standard InChI is InChI=1S/C23H31ClN2O4S/c1-15(17-8-10-18(11-9-17)23(3,4)5)25-22(27)16(2)26(31(7,28)29)19-12-13-21(30-6)20(24)14-19/h8-16H,1-7H3,(H,25,27)/t15-,16-/m0/s1. The molecule has 1 amide bonds. The third kappa shape index (κ3) is 6.14. The van der Waals surface area contributed by atoms with E-state index in [2.05, 4.69) is 26.1 Å². The largest absolute Gasteiger partial charge is 0.495 e. The van der Waals surface area contributed by atoms with Gasteiger partial charge in [-0.05, 0) is 48.6 Å². The lowest BCUT2D eigenvalue weighted by Crippen LogP contribution is -2.48. The molecule has 0 heterocycles. The number of rotatable bonds is 7. The molecule has 0 saturated heterocycles. The molecule has 1 N–H and O–H groups in total. The number of carbonyl (C=O) groups excluding carboxylic acids is 1. The smallest absolute Gasteiger partial charge is 0.244 e. The maximum absolute atomic E-state index is 12.9. The van der Waals surface area contributed by atoms with Crippen LogP contribution in [0.5, 0.6) is 5.75 Å². The van der Waals surface area contributed by atoms with Gasteiger partial charge < -0.3 is 10.1 Å². The molecule has 6 nitrogen and oxygen atoms in total. The zero-order chi connectivity index (χ0) is 23.6. The van der Waals surface area contributed by atoms with E-state index in [-0.39, 0.29) is 22.2 Å². The van der Waals surface area contributed by atoms with Crippen molar-refractivity contribution in [2.45, 2.75) is 52.1 Å². The molecule has 2 aromatic carbocycles. The monoisotopic (exact) mass is 466 g/mol. The highest BCUT2D eigenvalue weighted by atomic mass is 35.5. The van der Waals surface area contributed by atoms with Gasteiger partial charge in [0, 0.05) is 0 Å². The molecular formula is C23H31ClN2O4S. The van der Waals surface area contributed by atoms with Crippen molar-refractivity contribution in [3.05, 3.63) is 58.6 Å². The topological polar surface area (TPSA) is 75.7 Å². The first kappa shape index (κ1) is 25.0. The summed E-state index contributed by atoms with van der Waals surface area (Å²) in [5.74, 6) is 0.00746. The van der Waals surface area contributed by atoms with E-state index < -0.39 is 22.0 Å². The number of carbonyl (C=O) groups is 1. The van der Waals surface area contributed by atoms with Crippen LogP contribution in [0.2, 0.25) is 5.02 Å². The van der Waals surface area contributed by atoms with Gasteiger partial charge >= 0.3 is 0 Å². The van der Waals surface area contributed by atoms with Crippen molar-refractivity contribution in [3.63, 3.8) is 0 Å². The number of nitrogens with zero attached hydrogens (tertiary/aromatic N) is 1. The van der Waals surface area contributed by atoms with Gasteiger partial charge in [0.05, 0.1) is 30.1 Å². The number of halogens is 1. The van der Waals surface area contributed by atoms with E-state index in [1.165, 1.54) is 18.7 Å². The van der Waals surface area contributed by atoms with E-state index in [9.17, 15) is 13.2 Å². The molecule has 0 aliphatic heterocycles. The predicted molar refractivity (Wildman–Crippen MR) is 126 cm³/mol. The van der Waals surface area contributed by atoms with E-state index in [0.29, 0.717) is 5.75 Å². The highest BCUT2D eigenvalue weighted by Crippen LogP contribution is 2.31. The van der Waals surface area contributed by atoms with Gasteiger partial charge in [-0.25, -0.2) is 8.42 Å². The molecule has 2 atom stereocenters. The minimum absolute atomic E-state index is 0.0369. The molecule has 8 heteroatoms. The van der Waals surface area contributed by atoms with Crippen molar-refractivity contribution in [2.75, 3.05) is 17.7 Å². The Kier molecular flexibility index (Phi) is 7.66. The van der Waals surface area contributed by atoms with Crippen LogP contribution in [0.3, 0.4) is 0 Å². The first-order chi connectivity index (χ1) is 14.3. The molecular weight excluding hydrogens is 436 g/mol. The Hall–Kier alpha value is -2.25. The van der Waals surface area contributed by atoms with Crippen LogP contribution in [0.25, 0.3) is 0 Å². The summed E-state index contributed by atoms with van der Waals surface area (Å²) in [6.07, 6.45) is 1.06. The fourth-order valence-corrected chi connectivity index (χ4v) is 4.71. The Labute approximate surface area is 190 Å². The Morgan fingerprint density at radius 2 is 1.68 bits per heavy atom. The zero-order valence-electron chi connectivity index (χ0n) is 19.1. The van der Waals surface area contributed by atoms with E-state index in [4.69, 9.17) is 16.3 Å². The second-order valence-corrected chi connectivity index (χ2v) is 10.9. The number of ether oxygens (including phenoxy) is 1. The molecule has 0 bridgehead atoms. The third-order valence-electron chi connectivity index (χ3n) is 5.11. The van der Waals surface area contributed by atoms with Crippen LogP contribution >= 0.6 is 11.6 Å². The fraction of sp³-hybridized carbons (Fsp3) is 0.435. The number of methoxy groups -OCH3 is 1. The van der Waals surface area contributed by atoms with Crippen molar-refractivity contribution in [1.29, 1.82) is 0 Å². The Balaban J connectivity index is 2.24. The average Bonchev–Trinajstić information content (AvgIpc) is 2.66. The summed E-state index contributed by atoms with van der Waals surface area (Å²) in [6, 6.07) is 11.4. The van der Waals surface area contributed by atoms with Crippen LogP contribution < -0.4 is 14.4 Å². The van der Waals surface area contributed by atoms with Crippen LogP contribution in [-0.2, 0) is 20.2 Å². The van der Waals surface area contributed by atoms with Crippen molar-refractivity contribution in [1.82, 2.24) is 5.32 Å². The number of hydrogen-bond acceptors (Lipinski definition) is 4. The first-order valence-corrected chi connectivity index (χ1v) is 12.2. The Bertz CT molecular complexity index is 1030. The number of hydrogen-bond donors (Lipinski definition) is 1. The molecule has 31 heavy (non-hydrogen) atoms. The molecule has 0 fully saturated rings. The highest BCUT2D eigenvalue weighted by molar-refractivity contribution is 7.92. The van der Waals surface area contributed by atoms with Gasteiger partial charge in [0.1, 0.15) is 11.8 Å². The summed E-state index contributed by atoms with van der Waals surface area (Å²) in [5, 5.41) is 3.17. The van der Waals surface area contributed by atoms with Crippen LogP contribution in [0.1, 0.15) is 51.8 Å². The molecule has 0 unspecified atom stereocenters. The normalized spacial score (nSPS) is 13.9. The number of nitrogens with one attached hydrogen (secondary N) is 1. The summed E-state index contributed by atoms with van der Waals surface area (Å²) in [5.41, 5.74) is 2.46. The quantitative estimate of drug-likeness (QED) is 0.642. The van der Waals surface area contributed by atoms with Crippen LogP contribution in [0.15, 0.2) is 42.5 Å². The van der Waals surface area contributed by atoms with Crippen LogP contribution in [0, 0.1) is 0 Å². The van der Waals surface area contributed by atoms with Gasteiger partial charge in [-0.15, -0.1) is 0 Å². The van der Waals surface area contributed by atoms with Crippen molar-refractivity contribution >= 4 is 33.2 Å². The van der Waals surface area contributed by atoms with Gasteiger partial charge in [-0.1, -0.05) is 56.6 Å². The molecule has 170 valence electrons. The SMILES string of the molecule is COc1ccc(N([C@@H](C)C(=O)N[C@@H](C)c2ccc(C(C)(C)C)cc2)S(C)(=O)=O)cc1Cl. The maximum atomic E-state index is 12.9. The first-order valence-electron chi connectivity index (χ1n) is 9.99. The minimum Gasteiger partial charge on any atom is -0.495 e. The van der Waals surface area contributed by atoms with Crippen molar-refractivity contribution in [3.8, 4) is 5.75 Å². The zero-order valence-corrected chi connectivity index (χ0v) is 20.6. The molecule has 0 aliphatic rings. The van der Waals surface area contributed by atoms with Gasteiger partial charge in [-0.3, -0.25) is 9.10 Å². The van der Waals surface area contributed by atoms with Gasteiger partial charge in [-0.2, -0.15) is 0 Å². The second kappa shape index (κ2) is 9.49. The molecule has 2 rings (SSSR count). The highest BCUT2D eigenvalue weighted by Gasteiger charge is 2.30. The second-order valence-electron chi connectivity index (χ2n) is 8.66. The van der Waals surface area contributed by atoms with Crippen molar-refractivity contribution < 1.29 is 17.9 Å².